The van der Waals surface area contributed by atoms with E-state index in [9.17, 15) is 18.4 Å². The van der Waals surface area contributed by atoms with Crippen molar-refractivity contribution in [2.45, 2.75) is 39.3 Å². The number of halogens is 2. The zero-order valence-corrected chi connectivity index (χ0v) is 20.8. The molecular weight excluding hydrogens is 480 g/mol. The second-order valence-electron chi connectivity index (χ2n) is 9.30. The quantitative estimate of drug-likeness (QED) is 0.361. The van der Waals surface area contributed by atoms with Gasteiger partial charge in [0.1, 0.15) is 11.4 Å². The van der Waals surface area contributed by atoms with E-state index in [-0.39, 0.29) is 17.8 Å². The molecule has 2 heterocycles. The van der Waals surface area contributed by atoms with Gasteiger partial charge in [-0.05, 0) is 57.5 Å². The van der Waals surface area contributed by atoms with Crippen molar-refractivity contribution in [2.75, 3.05) is 28.6 Å². The van der Waals surface area contributed by atoms with Gasteiger partial charge in [-0.2, -0.15) is 9.78 Å². The van der Waals surface area contributed by atoms with E-state index in [1.54, 1.807) is 19.1 Å². The first-order valence-corrected chi connectivity index (χ1v) is 11.9. The number of nitrogens with two attached hydrogens (primary N) is 1. The second kappa shape index (κ2) is 10.5. The van der Waals surface area contributed by atoms with E-state index in [0.717, 1.165) is 30.3 Å². The third-order valence-electron chi connectivity index (χ3n) is 5.97. The fourth-order valence-electron chi connectivity index (χ4n) is 4.39. The highest BCUT2D eigenvalue weighted by Gasteiger charge is 2.28. The molecule has 1 atom stereocenters. The fourth-order valence-corrected chi connectivity index (χ4v) is 4.39. The van der Waals surface area contributed by atoms with E-state index in [1.807, 2.05) is 18.7 Å². The van der Waals surface area contributed by atoms with Crippen LogP contribution in [0.1, 0.15) is 43.2 Å². The Morgan fingerprint density at radius 1 is 1.11 bits per heavy atom. The summed E-state index contributed by atoms with van der Waals surface area (Å²) in [4.78, 5) is 27.6. The van der Waals surface area contributed by atoms with Crippen LogP contribution in [0.5, 0.6) is 0 Å². The van der Waals surface area contributed by atoms with Crippen LogP contribution >= 0.6 is 0 Å². The molecule has 0 radical (unpaired) electrons. The third kappa shape index (κ3) is 5.36. The Labute approximate surface area is 212 Å². The number of carbonyl (C=O) groups excluding carboxylic acids is 1. The molecule has 1 saturated heterocycles. The minimum atomic E-state index is -0.987. The van der Waals surface area contributed by atoms with E-state index >= 15 is 0 Å². The molecule has 5 N–H and O–H groups in total. The lowest BCUT2D eigenvalue weighted by molar-refractivity contribution is 0.102. The number of anilines is 3. The summed E-state index contributed by atoms with van der Waals surface area (Å²) >= 11 is 0. The van der Waals surface area contributed by atoms with Gasteiger partial charge in [0.15, 0.2) is 11.6 Å². The van der Waals surface area contributed by atoms with Crippen molar-refractivity contribution in [3.8, 4) is 5.69 Å². The highest BCUT2D eigenvalue weighted by atomic mass is 19.1. The van der Waals surface area contributed by atoms with Gasteiger partial charge in [0, 0.05) is 48.2 Å². The number of carbonyl (C=O) groups is 1. The maximum Gasteiger partial charge on any atom is 0.276 e. The summed E-state index contributed by atoms with van der Waals surface area (Å²) in [6, 6.07) is 8.95. The van der Waals surface area contributed by atoms with Gasteiger partial charge in [0.2, 0.25) is 0 Å². The van der Waals surface area contributed by atoms with Gasteiger partial charge in [-0.1, -0.05) is 6.07 Å². The van der Waals surface area contributed by atoms with Crippen LogP contribution in [0.2, 0.25) is 0 Å². The predicted molar refractivity (Wildman–Crippen MR) is 140 cm³/mol. The second-order valence-corrected chi connectivity index (χ2v) is 9.30. The third-order valence-corrected chi connectivity index (χ3v) is 5.97. The van der Waals surface area contributed by atoms with Gasteiger partial charge in [0.05, 0.1) is 11.4 Å². The molecule has 3 aromatic rings. The predicted octanol–water partition coefficient (Wildman–Crippen LogP) is 3.51. The van der Waals surface area contributed by atoms with E-state index < -0.39 is 28.8 Å². The van der Waals surface area contributed by atoms with Crippen molar-refractivity contribution in [1.29, 1.82) is 5.41 Å². The first kappa shape index (κ1) is 26.0. The van der Waals surface area contributed by atoms with Gasteiger partial charge < -0.3 is 26.7 Å². The molecule has 1 aliphatic rings. The summed E-state index contributed by atoms with van der Waals surface area (Å²) in [7, 11) is 0. The molecule has 1 aromatic heterocycles. The van der Waals surface area contributed by atoms with Crippen molar-refractivity contribution in [1.82, 2.24) is 9.78 Å². The molecule has 0 bridgehead atoms. The van der Waals surface area contributed by atoms with E-state index in [4.69, 9.17) is 11.1 Å². The van der Waals surface area contributed by atoms with Gasteiger partial charge in [0.25, 0.3) is 11.5 Å². The van der Waals surface area contributed by atoms with Crippen molar-refractivity contribution in [2.24, 2.45) is 5.73 Å². The van der Waals surface area contributed by atoms with Crippen LogP contribution in [0.3, 0.4) is 0 Å². The average molecular weight is 510 g/mol. The Balaban J connectivity index is 1.77. The van der Waals surface area contributed by atoms with E-state index in [1.165, 1.54) is 12.1 Å². The molecule has 0 saturated carbocycles. The van der Waals surface area contributed by atoms with Gasteiger partial charge in [-0.3, -0.25) is 9.59 Å². The first-order valence-electron chi connectivity index (χ1n) is 11.9. The van der Waals surface area contributed by atoms with Crippen LogP contribution in [0.25, 0.3) is 5.69 Å². The minimum Gasteiger partial charge on any atom is -0.382 e. The molecule has 1 fully saturated rings. The standard InChI is InChI=1S/C26H29F2N7O2/c1-14(2)31-19-7-8-20(25(23(19)15(3)29)34-12-11-16(30)13-34)32-26(37)21-9-10-22(36)35(33-21)24-17(27)5-4-6-18(24)28/h4-10,14,16,29,31H,11-13,30H2,1-3H3,(H,32,37)/t16-/m1/s1. The minimum absolute atomic E-state index is 0.0509. The smallest absolute Gasteiger partial charge is 0.276 e. The fraction of sp³-hybridized carbons (Fsp3) is 0.308. The Morgan fingerprint density at radius 3 is 2.38 bits per heavy atom. The van der Waals surface area contributed by atoms with Crippen molar-refractivity contribution < 1.29 is 13.6 Å². The highest BCUT2D eigenvalue weighted by molar-refractivity contribution is 6.12. The Morgan fingerprint density at radius 2 is 1.78 bits per heavy atom. The van der Waals surface area contributed by atoms with Crippen LogP contribution in [-0.4, -0.2) is 46.6 Å². The zero-order valence-electron chi connectivity index (χ0n) is 20.8. The van der Waals surface area contributed by atoms with Crippen molar-refractivity contribution in [3.05, 3.63) is 75.7 Å². The Bertz CT molecular complexity index is 1400. The maximum atomic E-state index is 14.3. The van der Waals surface area contributed by atoms with Crippen LogP contribution < -0.4 is 26.8 Å². The summed E-state index contributed by atoms with van der Waals surface area (Å²) in [6.45, 7) is 6.84. The number of aromatic nitrogens is 2. The van der Waals surface area contributed by atoms with Crippen LogP contribution in [0.15, 0.2) is 47.3 Å². The summed E-state index contributed by atoms with van der Waals surface area (Å²) in [6.07, 6.45) is 0.756. The molecule has 2 aromatic carbocycles. The molecule has 37 heavy (non-hydrogen) atoms. The van der Waals surface area contributed by atoms with Gasteiger partial charge in [-0.15, -0.1) is 0 Å². The molecule has 0 aliphatic carbocycles. The molecular formula is C26H29F2N7O2. The number of hydrogen-bond donors (Lipinski definition) is 4. The van der Waals surface area contributed by atoms with E-state index in [0.29, 0.717) is 40.4 Å². The van der Waals surface area contributed by atoms with Gasteiger partial charge >= 0.3 is 0 Å². The summed E-state index contributed by atoms with van der Waals surface area (Å²) in [5, 5.41) is 18.6. The number of amides is 1. The Hall–Kier alpha value is -4.12. The topological polar surface area (TPSA) is 129 Å². The molecule has 11 heteroatoms. The molecule has 1 amide bonds. The molecule has 194 valence electrons. The lowest BCUT2D eigenvalue weighted by Gasteiger charge is -2.28. The lowest BCUT2D eigenvalue weighted by Crippen LogP contribution is -2.30. The molecule has 1 aliphatic heterocycles. The molecule has 0 spiro atoms. The number of rotatable bonds is 7. The highest BCUT2D eigenvalue weighted by Crippen LogP contribution is 2.38. The van der Waals surface area contributed by atoms with Crippen LogP contribution in [-0.2, 0) is 0 Å². The van der Waals surface area contributed by atoms with Crippen LogP contribution in [0.4, 0.5) is 25.8 Å². The first-order chi connectivity index (χ1) is 17.6. The van der Waals surface area contributed by atoms with E-state index in [2.05, 4.69) is 15.7 Å². The number of nitrogens with one attached hydrogen (secondary N) is 3. The van der Waals surface area contributed by atoms with Crippen molar-refractivity contribution >= 4 is 28.7 Å². The van der Waals surface area contributed by atoms with Gasteiger partial charge in [-0.25, -0.2) is 8.78 Å². The average Bonchev–Trinajstić information content (AvgIpc) is 3.26. The molecule has 9 nitrogen and oxygen atoms in total. The number of nitrogens with zero attached hydrogens (tertiary/aromatic N) is 3. The summed E-state index contributed by atoms with van der Waals surface area (Å²) < 4.78 is 29.2. The Kier molecular flexibility index (Phi) is 7.35. The lowest BCUT2D eigenvalue weighted by atomic mass is 10.0. The van der Waals surface area contributed by atoms with Crippen LogP contribution in [0, 0.1) is 17.0 Å². The maximum absolute atomic E-state index is 14.3. The largest absolute Gasteiger partial charge is 0.382 e. The van der Waals surface area contributed by atoms with Crippen molar-refractivity contribution in [3.63, 3.8) is 0 Å². The number of para-hydroxylation sites is 1. The number of benzene rings is 2. The SMILES string of the molecule is CC(=N)c1c(NC(C)C)ccc(NC(=O)c2ccc(=O)n(-c3c(F)cccc3F)n2)c1N1CC[C@@H](N)C1. The summed E-state index contributed by atoms with van der Waals surface area (Å²) in [5.74, 6) is -2.66. The zero-order chi connectivity index (χ0) is 26.9. The summed E-state index contributed by atoms with van der Waals surface area (Å²) in [5.41, 5.74) is 7.23. The molecule has 4 rings (SSSR count). The normalized spacial score (nSPS) is 15.2. The molecule has 0 unspecified atom stereocenters. The number of hydrogen-bond acceptors (Lipinski definition) is 7. The monoisotopic (exact) mass is 509 g/mol.